The van der Waals surface area contributed by atoms with Crippen LogP contribution in [-0.4, -0.2) is 44.8 Å². The number of benzene rings is 2. The first kappa shape index (κ1) is 23.9. The molecule has 2 atom stereocenters. The lowest BCUT2D eigenvalue weighted by molar-refractivity contribution is -0.147. The highest BCUT2D eigenvalue weighted by Gasteiger charge is 2.57. The van der Waals surface area contributed by atoms with Crippen molar-refractivity contribution in [3.8, 4) is 0 Å². The third-order valence-electron chi connectivity index (χ3n) is 6.04. The van der Waals surface area contributed by atoms with Gasteiger partial charge < -0.3 is 14.2 Å². The second-order valence-electron chi connectivity index (χ2n) is 7.75. The van der Waals surface area contributed by atoms with Gasteiger partial charge in [0.05, 0.1) is 21.3 Å². The maximum absolute atomic E-state index is 13.5. The van der Waals surface area contributed by atoms with Crippen molar-refractivity contribution in [2.75, 3.05) is 21.3 Å². The molecular formula is C26H26O7. The topological polar surface area (TPSA) is 96.0 Å². The van der Waals surface area contributed by atoms with E-state index in [-0.39, 0.29) is 23.7 Å². The van der Waals surface area contributed by atoms with Crippen molar-refractivity contribution in [2.24, 2.45) is 11.8 Å². The van der Waals surface area contributed by atoms with Crippen LogP contribution in [0.15, 0.2) is 72.5 Å². The molecule has 2 aromatic rings. The maximum atomic E-state index is 13.5. The first-order valence-corrected chi connectivity index (χ1v) is 10.5. The highest BCUT2D eigenvalue weighted by atomic mass is 16.6. The Balaban J connectivity index is 2.09. The van der Waals surface area contributed by atoms with Crippen molar-refractivity contribution in [1.82, 2.24) is 0 Å². The fourth-order valence-corrected chi connectivity index (χ4v) is 4.54. The van der Waals surface area contributed by atoms with Crippen LogP contribution in [-0.2, 0) is 33.4 Å². The van der Waals surface area contributed by atoms with E-state index in [0.29, 0.717) is 0 Å². The van der Waals surface area contributed by atoms with E-state index in [1.54, 1.807) is 0 Å². The summed E-state index contributed by atoms with van der Waals surface area (Å²) in [6, 6.07) is 18.4. The van der Waals surface area contributed by atoms with Gasteiger partial charge in [-0.05, 0) is 11.1 Å². The smallest absolute Gasteiger partial charge is 0.373 e. The molecule has 0 spiro atoms. The summed E-state index contributed by atoms with van der Waals surface area (Å²) < 4.78 is 14.4. The van der Waals surface area contributed by atoms with Crippen LogP contribution < -0.4 is 0 Å². The molecule has 0 amide bonds. The van der Waals surface area contributed by atoms with Gasteiger partial charge in [0.25, 0.3) is 0 Å². The number of esters is 2. The lowest BCUT2D eigenvalue weighted by Crippen LogP contribution is -2.51. The van der Waals surface area contributed by atoms with Gasteiger partial charge >= 0.3 is 11.9 Å². The summed E-state index contributed by atoms with van der Waals surface area (Å²) in [6.07, 6.45) is 0.749. The molecule has 0 unspecified atom stereocenters. The molecular weight excluding hydrogens is 424 g/mol. The number of allylic oxidation sites excluding steroid dienone is 1. The van der Waals surface area contributed by atoms with Crippen molar-refractivity contribution in [3.63, 3.8) is 0 Å². The van der Waals surface area contributed by atoms with Gasteiger partial charge in [-0.2, -0.15) is 0 Å². The van der Waals surface area contributed by atoms with E-state index >= 15 is 0 Å². The molecule has 0 N–H and O–H groups in total. The van der Waals surface area contributed by atoms with Crippen LogP contribution in [0.25, 0.3) is 0 Å². The summed E-state index contributed by atoms with van der Waals surface area (Å²) in [4.78, 5) is 50.5. The van der Waals surface area contributed by atoms with Gasteiger partial charge in [-0.3, -0.25) is 14.4 Å². The highest BCUT2D eigenvalue weighted by Crippen LogP contribution is 2.58. The quantitative estimate of drug-likeness (QED) is 0.251. The summed E-state index contributed by atoms with van der Waals surface area (Å²) in [6.45, 7) is 0. The maximum Gasteiger partial charge on any atom is 0.373 e. The summed E-state index contributed by atoms with van der Waals surface area (Å²) in [5, 5.41) is 0. The Labute approximate surface area is 192 Å². The van der Waals surface area contributed by atoms with Crippen LogP contribution in [0.4, 0.5) is 0 Å². The molecule has 7 heteroatoms. The zero-order chi connectivity index (χ0) is 24.0. The van der Waals surface area contributed by atoms with E-state index in [1.165, 1.54) is 21.3 Å². The van der Waals surface area contributed by atoms with Gasteiger partial charge in [-0.25, -0.2) is 4.79 Å². The summed E-state index contributed by atoms with van der Waals surface area (Å²) in [5.41, 5.74) is 1.60. The van der Waals surface area contributed by atoms with Crippen LogP contribution in [0.3, 0.4) is 0 Å². The standard InChI is InChI=1S/C26H26O7/c1-31-20(26(30)33-3)14-18(27)24-22(16-10-6-4-7-11-16)25(19(28)15-21(29)32-2)23(24)17-12-8-5-9-13-17/h4-14,22-25H,15H2,1-3H3/t22-,23-,24?,25?/m0/s1. The van der Waals surface area contributed by atoms with Crippen LogP contribution in [0.5, 0.6) is 0 Å². The van der Waals surface area contributed by atoms with Gasteiger partial charge in [0.1, 0.15) is 12.2 Å². The van der Waals surface area contributed by atoms with E-state index in [9.17, 15) is 19.2 Å². The zero-order valence-corrected chi connectivity index (χ0v) is 18.7. The highest BCUT2D eigenvalue weighted by molar-refractivity contribution is 6.04. The van der Waals surface area contributed by atoms with E-state index in [0.717, 1.165) is 17.2 Å². The SMILES string of the molecule is COC(=O)CC(=O)C1[C@@H](c2ccccc2)C(C(=O)C=C(OC)C(=O)OC)[C@@H]1c1ccccc1. The van der Waals surface area contributed by atoms with Crippen LogP contribution in [0.1, 0.15) is 29.4 Å². The van der Waals surface area contributed by atoms with Crippen molar-refractivity contribution in [3.05, 3.63) is 83.6 Å². The molecule has 3 rings (SSSR count). The predicted octanol–water partition coefficient (Wildman–Crippen LogP) is 3.20. The van der Waals surface area contributed by atoms with Crippen LogP contribution >= 0.6 is 0 Å². The van der Waals surface area contributed by atoms with Crippen molar-refractivity contribution < 1.29 is 33.4 Å². The molecule has 0 saturated heterocycles. The molecule has 0 aromatic heterocycles. The molecule has 1 saturated carbocycles. The van der Waals surface area contributed by atoms with E-state index in [1.807, 2.05) is 60.7 Å². The minimum absolute atomic E-state index is 0.217. The van der Waals surface area contributed by atoms with Gasteiger partial charge in [0.15, 0.2) is 5.78 Å². The number of hydrogen-bond donors (Lipinski definition) is 0. The number of methoxy groups -OCH3 is 3. The van der Waals surface area contributed by atoms with E-state index in [2.05, 4.69) is 4.74 Å². The molecule has 1 aliphatic carbocycles. The van der Waals surface area contributed by atoms with Crippen molar-refractivity contribution in [1.29, 1.82) is 0 Å². The minimum atomic E-state index is -0.768. The molecule has 1 fully saturated rings. The molecule has 0 bridgehead atoms. The molecule has 172 valence electrons. The number of carbonyl (C=O) groups excluding carboxylic acids is 4. The number of Topliss-reactive ketones (excluding diaryl/α,β-unsaturated/α-hetero) is 1. The van der Waals surface area contributed by atoms with E-state index in [4.69, 9.17) is 9.47 Å². The second kappa shape index (κ2) is 10.7. The van der Waals surface area contributed by atoms with Crippen LogP contribution in [0.2, 0.25) is 0 Å². The molecule has 33 heavy (non-hydrogen) atoms. The first-order valence-electron chi connectivity index (χ1n) is 10.5. The lowest BCUT2D eigenvalue weighted by Gasteiger charge is -2.51. The molecule has 0 radical (unpaired) electrons. The molecule has 7 nitrogen and oxygen atoms in total. The normalized spacial score (nSPS) is 22.0. The average molecular weight is 450 g/mol. The largest absolute Gasteiger partial charge is 0.490 e. The Hall–Kier alpha value is -3.74. The Morgan fingerprint density at radius 3 is 1.67 bits per heavy atom. The summed E-state index contributed by atoms with van der Waals surface area (Å²) in [5.74, 6) is -4.47. The van der Waals surface area contributed by atoms with Crippen molar-refractivity contribution >= 4 is 23.5 Å². The predicted molar refractivity (Wildman–Crippen MR) is 119 cm³/mol. The number of ketones is 2. The number of rotatable bonds is 9. The third-order valence-corrected chi connectivity index (χ3v) is 6.04. The number of hydrogen-bond acceptors (Lipinski definition) is 7. The van der Waals surface area contributed by atoms with Gasteiger partial charge in [0, 0.05) is 29.7 Å². The van der Waals surface area contributed by atoms with Gasteiger partial charge in [-0.1, -0.05) is 60.7 Å². The second-order valence-corrected chi connectivity index (χ2v) is 7.75. The summed E-state index contributed by atoms with van der Waals surface area (Å²) in [7, 11) is 3.71. The van der Waals surface area contributed by atoms with Gasteiger partial charge in [-0.15, -0.1) is 0 Å². The summed E-state index contributed by atoms with van der Waals surface area (Å²) >= 11 is 0. The van der Waals surface area contributed by atoms with E-state index < -0.39 is 35.6 Å². The Morgan fingerprint density at radius 2 is 1.24 bits per heavy atom. The fraction of sp³-hybridized carbons (Fsp3) is 0.308. The molecule has 0 heterocycles. The monoisotopic (exact) mass is 450 g/mol. The van der Waals surface area contributed by atoms with Gasteiger partial charge in [0.2, 0.25) is 5.76 Å². The minimum Gasteiger partial charge on any atom is -0.490 e. The Morgan fingerprint density at radius 1 is 0.727 bits per heavy atom. The average Bonchev–Trinajstić information content (AvgIpc) is 2.82. The number of ether oxygens (including phenoxy) is 3. The molecule has 0 aliphatic heterocycles. The number of carbonyl (C=O) groups is 4. The Bertz CT molecular complexity index is 995. The lowest BCUT2D eigenvalue weighted by atomic mass is 9.50. The zero-order valence-electron chi connectivity index (χ0n) is 18.7. The first-order chi connectivity index (χ1) is 15.9. The molecule has 1 aliphatic rings. The Kier molecular flexibility index (Phi) is 7.77. The molecule has 2 aromatic carbocycles. The van der Waals surface area contributed by atoms with Crippen molar-refractivity contribution in [2.45, 2.75) is 18.3 Å². The third kappa shape index (κ3) is 5.03. The fourth-order valence-electron chi connectivity index (χ4n) is 4.54. The van der Waals surface area contributed by atoms with Crippen LogP contribution in [0, 0.1) is 11.8 Å².